The zero-order valence-corrected chi connectivity index (χ0v) is 15.5. The van der Waals surface area contributed by atoms with Crippen molar-refractivity contribution < 1.29 is 4.79 Å². The van der Waals surface area contributed by atoms with Gasteiger partial charge in [-0.3, -0.25) is 4.79 Å². The number of hydrogen-bond donors (Lipinski definition) is 2. The third kappa shape index (κ3) is 4.18. The molecule has 0 radical (unpaired) electrons. The van der Waals surface area contributed by atoms with Crippen LogP contribution in [0.15, 0.2) is 53.0 Å². The number of anilines is 1. The van der Waals surface area contributed by atoms with Gasteiger partial charge in [0.25, 0.3) is 5.91 Å². The van der Waals surface area contributed by atoms with Gasteiger partial charge in [-0.1, -0.05) is 63.1 Å². The second-order valence-corrected chi connectivity index (χ2v) is 6.70. The van der Waals surface area contributed by atoms with E-state index in [1.54, 1.807) is 6.07 Å². The zero-order valence-electron chi connectivity index (χ0n) is 13.1. The van der Waals surface area contributed by atoms with E-state index in [1.807, 2.05) is 42.5 Å². The number of nitrogens with one attached hydrogen (secondary N) is 1. The van der Waals surface area contributed by atoms with Crippen molar-refractivity contribution in [3.8, 4) is 0 Å². The normalized spacial score (nSPS) is 10.6. The van der Waals surface area contributed by atoms with Gasteiger partial charge in [0.2, 0.25) is 0 Å². The van der Waals surface area contributed by atoms with Crippen molar-refractivity contribution in [2.75, 3.05) is 5.73 Å². The summed E-state index contributed by atoms with van der Waals surface area (Å²) >= 11 is 9.47. The van der Waals surface area contributed by atoms with Gasteiger partial charge in [-0.15, -0.1) is 5.10 Å². The summed E-state index contributed by atoms with van der Waals surface area (Å²) in [4.78, 5) is 12.3. The molecule has 1 amide bonds. The molecule has 3 N–H and O–H groups in total. The quantitative estimate of drug-likeness (QED) is 0.663. The van der Waals surface area contributed by atoms with Crippen LogP contribution in [-0.2, 0) is 13.1 Å². The van der Waals surface area contributed by atoms with Gasteiger partial charge < -0.3 is 11.1 Å². The van der Waals surface area contributed by atoms with Crippen molar-refractivity contribution in [1.29, 1.82) is 0 Å². The molecule has 0 aliphatic rings. The molecule has 0 unspecified atom stereocenters. The first-order chi connectivity index (χ1) is 12.0. The highest BCUT2D eigenvalue weighted by Crippen LogP contribution is 2.16. The Hall–Kier alpha value is -2.38. The van der Waals surface area contributed by atoms with Crippen molar-refractivity contribution in [1.82, 2.24) is 20.3 Å². The van der Waals surface area contributed by atoms with Gasteiger partial charge in [-0.25, -0.2) is 4.68 Å². The predicted molar refractivity (Wildman–Crippen MR) is 100 cm³/mol. The summed E-state index contributed by atoms with van der Waals surface area (Å²) in [7, 11) is 0. The van der Waals surface area contributed by atoms with Gasteiger partial charge in [0.15, 0.2) is 11.5 Å². The van der Waals surface area contributed by atoms with Crippen LogP contribution in [0.25, 0.3) is 0 Å². The average molecular weight is 421 g/mol. The first-order valence-corrected chi connectivity index (χ1v) is 8.66. The van der Waals surface area contributed by atoms with Crippen molar-refractivity contribution in [2.24, 2.45) is 0 Å². The van der Waals surface area contributed by atoms with E-state index in [-0.39, 0.29) is 24.0 Å². The summed E-state index contributed by atoms with van der Waals surface area (Å²) in [6.07, 6.45) is 0. The Bertz CT molecular complexity index is 894. The van der Waals surface area contributed by atoms with Crippen LogP contribution in [0.4, 0.5) is 5.82 Å². The summed E-state index contributed by atoms with van der Waals surface area (Å²) in [6, 6.07) is 15.1. The monoisotopic (exact) mass is 419 g/mol. The van der Waals surface area contributed by atoms with Crippen LogP contribution in [0.3, 0.4) is 0 Å². The smallest absolute Gasteiger partial charge is 0.275 e. The largest absolute Gasteiger partial charge is 0.382 e. The van der Waals surface area contributed by atoms with E-state index >= 15 is 0 Å². The molecule has 0 bridgehead atoms. The van der Waals surface area contributed by atoms with Crippen molar-refractivity contribution in [3.05, 3.63) is 74.8 Å². The van der Waals surface area contributed by atoms with Crippen LogP contribution in [0.5, 0.6) is 0 Å². The molecule has 3 aromatic rings. The minimum atomic E-state index is -0.389. The fraction of sp³-hybridized carbons (Fsp3) is 0.118. The number of nitrogens with zero attached hydrogens (tertiary/aromatic N) is 3. The number of nitrogen functional groups attached to an aromatic ring is 1. The van der Waals surface area contributed by atoms with Crippen molar-refractivity contribution >= 4 is 39.3 Å². The summed E-state index contributed by atoms with van der Waals surface area (Å²) in [6.45, 7) is 0.724. The third-order valence-electron chi connectivity index (χ3n) is 3.63. The van der Waals surface area contributed by atoms with Crippen LogP contribution < -0.4 is 11.1 Å². The standard InChI is InChI=1S/C17H15BrClN5O/c18-13-7-5-11(6-8-13)10-24-16(20)15(22-23-24)17(25)21-9-12-3-1-2-4-14(12)19/h1-8H,9-10,20H2,(H,21,25). The first-order valence-electron chi connectivity index (χ1n) is 7.49. The molecule has 128 valence electrons. The molecule has 0 fully saturated rings. The summed E-state index contributed by atoms with van der Waals surface area (Å²) in [5, 5.41) is 11.2. The van der Waals surface area contributed by atoms with E-state index in [1.165, 1.54) is 4.68 Å². The third-order valence-corrected chi connectivity index (χ3v) is 4.53. The van der Waals surface area contributed by atoms with Crippen LogP contribution in [0.2, 0.25) is 5.02 Å². The Morgan fingerprint density at radius 3 is 2.64 bits per heavy atom. The van der Waals surface area contributed by atoms with Crippen LogP contribution >= 0.6 is 27.5 Å². The van der Waals surface area contributed by atoms with Gasteiger partial charge in [0.1, 0.15) is 0 Å². The van der Waals surface area contributed by atoms with Crippen LogP contribution in [-0.4, -0.2) is 20.9 Å². The van der Waals surface area contributed by atoms with Crippen LogP contribution in [0.1, 0.15) is 21.6 Å². The first kappa shape index (κ1) is 17.4. The summed E-state index contributed by atoms with van der Waals surface area (Å²) in [5.74, 6) is -0.168. The average Bonchev–Trinajstić information content (AvgIpc) is 2.97. The number of benzene rings is 2. The zero-order chi connectivity index (χ0) is 17.8. The Morgan fingerprint density at radius 1 is 1.20 bits per heavy atom. The Kier molecular flexibility index (Phi) is 5.35. The molecule has 0 aliphatic heterocycles. The number of nitrogens with two attached hydrogens (primary N) is 1. The molecule has 0 saturated heterocycles. The highest BCUT2D eigenvalue weighted by Gasteiger charge is 2.17. The number of halogens is 2. The van der Waals surface area contributed by atoms with Gasteiger partial charge in [-0.2, -0.15) is 0 Å². The maximum Gasteiger partial charge on any atom is 0.275 e. The topological polar surface area (TPSA) is 85.8 Å². The van der Waals surface area contributed by atoms with E-state index in [9.17, 15) is 4.79 Å². The minimum Gasteiger partial charge on any atom is -0.382 e. The van der Waals surface area contributed by atoms with Crippen molar-refractivity contribution in [3.63, 3.8) is 0 Å². The maximum atomic E-state index is 12.3. The number of aromatic nitrogens is 3. The molecule has 0 saturated carbocycles. The molecular weight excluding hydrogens is 406 g/mol. The summed E-state index contributed by atoms with van der Waals surface area (Å²) < 4.78 is 2.48. The molecular formula is C17H15BrClN5O. The highest BCUT2D eigenvalue weighted by molar-refractivity contribution is 9.10. The molecule has 0 aliphatic carbocycles. The molecule has 6 nitrogen and oxygen atoms in total. The molecule has 2 aromatic carbocycles. The lowest BCUT2D eigenvalue weighted by atomic mass is 10.2. The van der Waals surface area contributed by atoms with Gasteiger partial charge in [-0.05, 0) is 29.3 Å². The van der Waals surface area contributed by atoms with Crippen molar-refractivity contribution in [2.45, 2.75) is 13.1 Å². The van der Waals surface area contributed by atoms with E-state index in [4.69, 9.17) is 17.3 Å². The number of rotatable bonds is 5. The second-order valence-electron chi connectivity index (χ2n) is 5.38. The number of hydrogen-bond acceptors (Lipinski definition) is 4. The lowest BCUT2D eigenvalue weighted by Gasteiger charge is -2.06. The molecule has 0 spiro atoms. The van der Waals surface area contributed by atoms with E-state index in [0.717, 1.165) is 15.6 Å². The minimum absolute atomic E-state index is 0.101. The highest BCUT2D eigenvalue weighted by atomic mass is 79.9. The Morgan fingerprint density at radius 2 is 1.92 bits per heavy atom. The lowest BCUT2D eigenvalue weighted by Crippen LogP contribution is -2.24. The number of amides is 1. The summed E-state index contributed by atoms with van der Waals surface area (Å²) in [5.41, 5.74) is 7.94. The molecule has 3 rings (SSSR count). The van der Waals surface area contributed by atoms with E-state index in [0.29, 0.717) is 11.6 Å². The fourth-order valence-corrected chi connectivity index (χ4v) is 2.73. The van der Waals surface area contributed by atoms with Crippen LogP contribution in [0, 0.1) is 0 Å². The van der Waals surface area contributed by atoms with Gasteiger partial charge in [0.05, 0.1) is 6.54 Å². The second kappa shape index (κ2) is 7.67. The van der Waals surface area contributed by atoms with E-state index in [2.05, 4.69) is 31.6 Å². The van der Waals surface area contributed by atoms with E-state index < -0.39 is 0 Å². The molecule has 1 heterocycles. The maximum absolute atomic E-state index is 12.3. The molecule has 25 heavy (non-hydrogen) atoms. The lowest BCUT2D eigenvalue weighted by molar-refractivity contribution is 0.0947. The SMILES string of the molecule is Nc1c(C(=O)NCc2ccccc2Cl)nnn1Cc1ccc(Br)cc1. The van der Waals surface area contributed by atoms with Gasteiger partial charge in [0, 0.05) is 16.0 Å². The predicted octanol–water partition coefficient (Wildman–Crippen LogP) is 3.25. The number of carbonyl (C=O) groups is 1. The molecule has 8 heteroatoms. The Balaban J connectivity index is 1.68. The fourth-order valence-electron chi connectivity index (χ4n) is 2.26. The number of carbonyl (C=O) groups excluding carboxylic acids is 1. The Labute approximate surface area is 158 Å². The molecule has 0 atom stereocenters. The molecule has 1 aromatic heterocycles. The van der Waals surface area contributed by atoms with Gasteiger partial charge >= 0.3 is 0 Å².